The van der Waals surface area contributed by atoms with Crippen LogP contribution in [0.15, 0.2) is 35.5 Å². The quantitative estimate of drug-likeness (QED) is 0.310. The van der Waals surface area contributed by atoms with Crippen molar-refractivity contribution in [3.63, 3.8) is 0 Å². The molecule has 14 heavy (non-hydrogen) atoms. The first-order valence-electron chi connectivity index (χ1n) is 4.26. The lowest BCUT2D eigenvalue weighted by atomic mass is 10.2. The van der Waals surface area contributed by atoms with Crippen LogP contribution >= 0.6 is 11.6 Å². The van der Waals surface area contributed by atoms with Crippen LogP contribution in [0.25, 0.3) is 16.5 Å². The van der Waals surface area contributed by atoms with Crippen molar-refractivity contribution in [2.45, 2.75) is 6.42 Å². The van der Waals surface area contributed by atoms with E-state index in [4.69, 9.17) is 17.1 Å². The molecular formula is C10H10ClN3. The molecule has 0 saturated carbocycles. The molecule has 0 heterocycles. The Bertz CT molecular complexity index is 367. The Labute approximate surface area is 87.6 Å². The van der Waals surface area contributed by atoms with Gasteiger partial charge in [-0.05, 0) is 23.6 Å². The van der Waals surface area contributed by atoms with E-state index < -0.39 is 0 Å². The molecule has 1 aromatic carbocycles. The minimum Gasteiger partial charge on any atom is -0.0937 e. The summed E-state index contributed by atoms with van der Waals surface area (Å²) in [4.78, 5) is 2.66. The number of hydrogen-bond acceptors (Lipinski definition) is 1. The van der Waals surface area contributed by atoms with E-state index in [1.54, 1.807) is 0 Å². The largest absolute Gasteiger partial charge is 0.0937 e. The van der Waals surface area contributed by atoms with Crippen molar-refractivity contribution in [2.75, 3.05) is 6.54 Å². The number of azide groups is 1. The smallest absolute Gasteiger partial charge is 0.0478 e. The Hall–Kier alpha value is -1.44. The maximum absolute atomic E-state index is 8.04. The maximum Gasteiger partial charge on any atom is 0.0478 e. The van der Waals surface area contributed by atoms with Gasteiger partial charge in [-0.15, -0.1) is 0 Å². The molecule has 0 spiro atoms. The van der Waals surface area contributed by atoms with Crippen LogP contribution in [0.1, 0.15) is 12.0 Å². The summed E-state index contributed by atoms with van der Waals surface area (Å²) in [5, 5.41) is 4.15. The Morgan fingerprint density at radius 1 is 1.43 bits per heavy atom. The summed E-state index contributed by atoms with van der Waals surface area (Å²) in [5.41, 5.74) is 9.02. The lowest BCUT2D eigenvalue weighted by molar-refractivity contribution is 0.996. The van der Waals surface area contributed by atoms with E-state index in [9.17, 15) is 0 Å². The fourth-order valence-corrected chi connectivity index (χ4v) is 1.20. The molecular weight excluding hydrogens is 198 g/mol. The van der Waals surface area contributed by atoms with E-state index in [1.165, 1.54) is 0 Å². The molecule has 72 valence electrons. The molecule has 0 N–H and O–H groups in total. The van der Waals surface area contributed by atoms with Crippen molar-refractivity contribution >= 4 is 17.7 Å². The predicted octanol–water partition coefficient (Wildman–Crippen LogP) is 4.05. The van der Waals surface area contributed by atoms with Crippen LogP contribution < -0.4 is 0 Å². The van der Waals surface area contributed by atoms with Gasteiger partial charge in [-0.2, -0.15) is 0 Å². The van der Waals surface area contributed by atoms with Crippen molar-refractivity contribution in [3.05, 3.63) is 51.4 Å². The molecule has 0 aliphatic heterocycles. The van der Waals surface area contributed by atoms with Gasteiger partial charge in [0.1, 0.15) is 0 Å². The predicted molar refractivity (Wildman–Crippen MR) is 59.1 cm³/mol. The Morgan fingerprint density at radius 3 is 2.93 bits per heavy atom. The van der Waals surface area contributed by atoms with Crippen molar-refractivity contribution in [1.82, 2.24) is 0 Å². The zero-order chi connectivity index (χ0) is 10.2. The second-order valence-corrected chi connectivity index (χ2v) is 3.07. The summed E-state index contributed by atoms with van der Waals surface area (Å²) in [5.74, 6) is 0. The van der Waals surface area contributed by atoms with Crippen LogP contribution in [0.4, 0.5) is 0 Å². The molecule has 1 rings (SSSR count). The van der Waals surface area contributed by atoms with Gasteiger partial charge in [-0.3, -0.25) is 0 Å². The third-order valence-corrected chi connectivity index (χ3v) is 2.01. The molecule has 0 atom stereocenters. The summed E-state index contributed by atoms with van der Waals surface area (Å²) >= 11 is 5.93. The molecule has 0 aliphatic carbocycles. The summed E-state index contributed by atoms with van der Waals surface area (Å²) in [6.45, 7) is 0.484. The third kappa shape index (κ3) is 3.52. The molecule has 0 aliphatic rings. The van der Waals surface area contributed by atoms with Crippen LogP contribution in [-0.2, 0) is 0 Å². The van der Waals surface area contributed by atoms with E-state index in [1.807, 2.05) is 36.4 Å². The third-order valence-electron chi connectivity index (χ3n) is 1.66. The minimum atomic E-state index is 0.484. The molecule has 0 amide bonds. The van der Waals surface area contributed by atoms with Gasteiger partial charge in [0.25, 0.3) is 0 Å². The second-order valence-electron chi connectivity index (χ2n) is 2.67. The van der Waals surface area contributed by atoms with Gasteiger partial charge in [0, 0.05) is 16.5 Å². The number of hydrogen-bond donors (Lipinski definition) is 0. The highest BCUT2D eigenvalue weighted by Crippen LogP contribution is 2.16. The van der Waals surface area contributed by atoms with Gasteiger partial charge in [0.15, 0.2) is 0 Å². The van der Waals surface area contributed by atoms with E-state index in [0.717, 1.165) is 17.0 Å². The molecule has 0 radical (unpaired) electrons. The highest BCUT2D eigenvalue weighted by Gasteiger charge is 1.91. The molecule has 0 fully saturated rings. The zero-order valence-corrected chi connectivity index (χ0v) is 8.35. The maximum atomic E-state index is 8.04. The normalized spacial score (nSPS) is 10.1. The molecule has 0 saturated heterocycles. The fourth-order valence-electron chi connectivity index (χ4n) is 0.998. The van der Waals surface area contributed by atoms with E-state index >= 15 is 0 Å². The lowest BCUT2D eigenvalue weighted by Gasteiger charge is -1.95. The SMILES string of the molecule is [N-]=[N+]=NCCC=Cc1ccccc1Cl. The van der Waals surface area contributed by atoms with Gasteiger partial charge in [0.2, 0.25) is 0 Å². The van der Waals surface area contributed by atoms with Gasteiger partial charge in [-0.1, -0.05) is 47.1 Å². The van der Waals surface area contributed by atoms with Crippen LogP contribution in [0, 0.1) is 0 Å². The first-order chi connectivity index (χ1) is 6.84. The number of benzene rings is 1. The number of nitrogens with zero attached hydrogens (tertiary/aromatic N) is 3. The summed E-state index contributed by atoms with van der Waals surface area (Å²) < 4.78 is 0. The molecule has 3 nitrogen and oxygen atoms in total. The van der Waals surface area contributed by atoms with E-state index in [-0.39, 0.29) is 0 Å². The Balaban J connectivity index is 2.51. The van der Waals surface area contributed by atoms with Crippen LogP contribution in [-0.4, -0.2) is 6.54 Å². The molecule has 0 bridgehead atoms. The standard InChI is InChI=1S/C10H10ClN3/c11-10-7-2-1-5-9(10)6-3-4-8-13-14-12/h1-3,5-7H,4,8H2. The number of halogens is 1. The first kappa shape index (κ1) is 10.6. The van der Waals surface area contributed by atoms with Crippen molar-refractivity contribution < 1.29 is 0 Å². The lowest BCUT2D eigenvalue weighted by Crippen LogP contribution is -1.75. The van der Waals surface area contributed by atoms with Gasteiger partial charge in [-0.25, -0.2) is 0 Å². The second kappa shape index (κ2) is 6.08. The highest BCUT2D eigenvalue weighted by atomic mass is 35.5. The minimum absolute atomic E-state index is 0.484. The summed E-state index contributed by atoms with van der Waals surface area (Å²) in [6, 6.07) is 7.60. The topological polar surface area (TPSA) is 48.8 Å². The van der Waals surface area contributed by atoms with Gasteiger partial charge in [0.05, 0.1) is 0 Å². The molecule has 0 unspecified atom stereocenters. The zero-order valence-electron chi connectivity index (χ0n) is 7.60. The fraction of sp³-hybridized carbons (Fsp3) is 0.200. The molecule has 0 aromatic heterocycles. The van der Waals surface area contributed by atoms with Crippen molar-refractivity contribution in [1.29, 1.82) is 0 Å². The molecule has 1 aromatic rings. The van der Waals surface area contributed by atoms with Crippen LogP contribution in [0.5, 0.6) is 0 Å². The van der Waals surface area contributed by atoms with Crippen molar-refractivity contribution in [3.8, 4) is 0 Å². The Kier molecular flexibility index (Phi) is 4.62. The van der Waals surface area contributed by atoms with Gasteiger partial charge >= 0.3 is 0 Å². The Morgan fingerprint density at radius 2 is 2.21 bits per heavy atom. The van der Waals surface area contributed by atoms with E-state index in [2.05, 4.69) is 10.0 Å². The first-order valence-corrected chi connectivity index (χ1v) is 4.64. The van der Waals surface area contributed by atoms with Gasteiger partial charge < -0.3 is 0 Å². The highest BCUT2D eigenvalue weighted by molar-refractivity contribution is 6.32. The average molecular weight is 208 g/mol. The average Bonchev–Trinajstić information content (AvgIpc) is 2.20. The van der Waals surface area contributed by atoms with Crippen LogP contribution in [0.2, 0.25) is 5.02 Å². The monoisotopic (exact) mass is 207 g/mol. The summed E-state index contributed by atoms with van der Waals surface area (Å²) in [7, 11) is 0. The van der Waals surface area contributed by atoms with Crippen LogP contribution in [0.3, 0.4) is 0 Å². The van der Waals surface area contributed by atoms with Crippen molar-refractivity contribution in [2.24, 2.45) is 5.11 Å². The van der Waals surface area contributed by atoms with E-state index in [0.29, 0.717) is 6.54 Å². The number of rotatable bonds is 4. The molecule has 4 heteroatoms. The summed E-state index contributed by atoms with van der Waals surface area (Å²) in [6.07, 6.45) is 4.60.